The number of nitrogens with one attached hydrogen (secondary N) is 7. The molecule has 374 valence electrons. The average molecular weight is 1080 g/mol. The number of fused-ring (bicyclic) bond motifs is 1. The second kappa shape index (κ2) is 28.5. The Morgan fingerprint density at radius 2 is 1.50 bits per heavy atom. The summed E-state index contributed by atoms with van der Waals surface area (Å²) in [5.74, 6) is -1.64. The number of halogens is 1. The second-order valence-corrected chi connectivity index (χ2v) is 20.6. The molecule has 68 heavy (non-hydrogen) atoms. The Hall–Kier alpha value is -4.92. The van der Waals surface area contributed by atoms with Crippen molar-refractivity contribution in [1.29, 1.82) is 0 Å². The third-order valence-corrected chi connectivity index (χ3v) is 14.3. The molecule has 7 amide bonds. The summed E-state index contributed by atoms with van der Waals surface area (Å²) in [6, 6.07) is 7.81. The van der Waals surface area contributed by atoms with Crippen molar-refractivity contribution < 1.29 is 48.2 Å². The quantitative estimate of drug-likeness (QED) is 0.0238. The van der Waals surface area contributed by atoms with Crippen molar-refractivity contribution >= 4 is 81.7 Å². The van der Waals surface area contributed by atoms with Crippen LogP contribution in [0.2, 0.25) is 0 Å². The van der Waals surface area contributed by atoms with E-state index in [1.807, 2.05) is 54.3 Å². The van der Waals surface area contributed by atoms with Gasteiger partial charge in [-0.25, -0.2) is 9.59 Å². The molecule has 6 atom stereocenters. The van der Waals surface area contributed by atoms with Crippen LogP contribution in [-0.4, -0.2) is 113 Å². The molecule has 2 heterocycles. The zero-order valence-corrected chi connectivity index (χ0v) is 42.9. The Kier molecular flexibility index (Phi) is 23.4. The van der Waals surface area contributed by atoms with E-state index in [-0.39, 0.29) is 67.4 Å². The molecule has 2 saturated heterocycles. The maximum absolute atomic E-state index is 13.7. The van der Waals surface area contributed by atoms with Crippen LogP contribution < -0.4 is 37.2 Å². The van der Waals surface area contributed by atoms with Crippen molar-refractivity contribution in [2.75, 3.05) is 25.4 Å². The highest BCUT2D eigenvalue weighted by Gasteiger charge is 2.42. The first-order chi connectivity index (χ1) is 32.4. The number of ether oxygens (including phenoxy) is 1. The number of phenols is 1. The zero-order valence-electron chi connectivity index (χ0n) is 39.9. The van der Waals surface area contributed by atoms with Gasteiger partial charge in [-0.3, -0.25) is 28.8 Å². The standard InChI is InChI=1S/C49H70IN7O10S/c1-29(2)24-36(40(60)27-67-48(65)44-30(3)14-13-15-31(44)4)54-43(62)19-7-6-11-23-52-46(63)37(26-33-20-21-39(59)34(50)25-33)55-47(64)35(53-32(5)58)16-10-12-22-51-42(61)18-9-8-17-41-45-38(28-68-41)56-49(66)57-45/h13-15,20-21,25,29,35-38,41,45,59H,6-12,16-19,22-24,26-28H2,1-5H3,(H,51,61)(H,52,63)(H,53,58)(H,54,62)(H,55,64)(H2,56,57,66)/t35-,36-,37-,38+,41?,45+/m0/s1. The van der Waals surface area contributed by atoms with E-state index in [0.717, 1.165) is 36.1 Å². The third-order valence-electron chi connectivity index (χ3n) is 11.9. The first kappa shape index (κ1) is 55.7. The van der Waals surface area contributed by atoms with Crippen LogP contribution in [0, 0.1) is 23.3 Å². The fourth-order valence-corrected chi connectivity index (χ4v) is 10.5. The number of aryl methyl sites for hydroxylation is 2. The van der Waals surface area contributed by atoms with Crippen LogP contribution in [0.4, 0.5) is 4.79 Å². The number of benzene rings is 2. The number of thioether (sulfide) groups is 1. The third kappa shape index (κ3) is 18.9. The Labute approximate surface area is 417 Å². The molecule has 2 fully saturated rings. The number of unbranched alkanes of at least 4 members (excludes halogenated alkanes) is 4. The lowest BCUT2D eigenvalue weighted by molar-refractivity contribution is -0.131. The van der Waals surface area contributed by atoms with Gasteiger partial charge in [-0.1, -0.05) is 51.0 Å². The van der Waals surface area contributed by atoms with Gasteiger partial charge in [-0.05, 0) is 123 Å². The normalized spacial score (nSPS) is 17.5. The molecule has 0 radical (unpaired) electrons. The molecule has 0 saturated carbocycles. The molecule has 1 unspecified atom stereocenters. The first-order valence-corrected chi connectivity index (χ1v) is 25.9. The lowest BCUT2D eigenvalue weighted by Gasteiger charge is -2.23. The van der Waals surface area contributed by atoms with Gasteiger partial charge < -0.3 is 47.1 Å². The Bertz CT molecular complexity index is 2070. The van der Waals surface area contributed by atoms with Crippen molar-refractivity contribution in [2.45, 2.75) is 154 Å². The molecule has 0 bridgehead atoms. The number of carbonyl (C=O) groups excluding carboxylic acids is 8. The van der Waals surface area contributed by atoms with E-state index >= 15 is 0 Å². The number of aromatic hydroxyl groups is 1. The van der Waals surface area contributed by atoms with Crippen molar-refractivity contribution in [3.05, 3.63) is 62.2 Å². The summed E-state index contributed by atoms with van der Waals surface area (Å²) in [5.41, 5.74) is 2.61. The molecule has 2 aliphatic rings. The number of rotatable bonds is 29. The van der Waals surface area contributed by atoms with Gasteiger partial charge in [0, 0.05) is 50.3 Å². The number of hydrogen-bond acceptors (Lipinski definition) is 11. The highest BCUT2D eigenvalue weighted by molar-refractivity contribution is 14.1. The largest absolute Gasteiger partial charge is 0.507 e. The van der Waals surface area contributed by atoms with Gasteiger partial charge in [-0.15, -0.1) is 0 Å². The highest BCUT2D eigenvalue weighted by Crippen LogP contribution is 2.33. The Morgan fingerprint density at radius 3 is 2.21 bits per heavy atom. The first-order valence-electron chi connectivity index (χ1n) is 23.7. The van der Waals surface area contributed by atoms with Crippen LogP contribution in [0.5, 0.6) is 5.75 Å². The van der Waals surface area contributed by atoms with E-state index < -0.39 is 54.2 Å². The van der Waals surface area contributed by atoms with Gasteiger partial charge in [-0.2, -0.15) is 11.8 Å². The van der Waals surface area contributed by atoms with Gasteiger partial charge in [0.2, 0.25) is 29.5 Å². The van der Waals surface area contributed by atoms with Crippen LogP contribution >= 0.6 is 34.4 Å². The van der Waals surface area contributed by atoms with Crippen molar-refractivity contribution in [3.8, 4) is 5.75 Å². The van der Waals surface area contributed by atoms with Crippen LogP contribution in [0.15, 0.2) is 36.4 Å². The summed E-state index contributed by atoms with van der Waals surface area (Å²) < 4.78 is 5.94. The highest BCUT2D eigenvalue weighted by atomic mass is 127. The smallest absolute Gasteiger partial charge is 0.339 e. The van der Waals surface area contributed by atoms with E-state index in [1.165, 1.54) is 13.0 Å². The van der Waals surface area contributed by atoms with E-state index in [9.17, 15) is 43.5 Å². The van der Waals surface area contributed by atoms with Crippen molar-refractivity contribution in [2.24, 2.45) is 5.92 Å². The van der Waals surface area contributed by atoms with E-state index in [4.69, 9.17) is 4.74 Å². The monoisotopic (exact) mass is 1080 g/mol. The molecule has 19 heteroatoms. The lowest BCUT2D eigenvalue weighted by Crippen LogP contribution is -2.54. The maximum Gasteiger partial charge on any atom is 0.339 e. The molecule has 2 aromatic rings. The van der Waals surface area contributed by atoms with Crippen molar-refractivity contribution in [1.82, 2.24) is 37.2 Å². The molecule has 0 aromatic heterocycles. The summed E-state index contributed by atoms with van der Waals surface area (Å²) >= 11 is 3.84. The number of urea groups is 1. The van der Waals surface area contributed by atoms with Crippen LogP contribution in [0.1, 0.15) is 125 Å². The topological polar surface area (TPSA) is 250 Å². The zero-order chi connectivity index (χ0) is 49.8. The summed E-state index contributed by atoms with van der Waals surface area (Å²) in [4.78, 5) is 102. The van der Waals surface area contributed by atoms with E-state index in [0.29, 0.717) is 71.4 Å². The van der Waals surface area contributed by atoms with Gasteiger partial charge >= 0.3 is 12.0 Å². The van der Waals surface area contributed by atoms with Crippen LogP contribution in [0.25, 0.3) is 0 Å². The maximum atomic E-state index is 13.7. The molecular weight excluding hydrogens is 1010 g/mol. The molecule has 2 aromatic carbocycles. The van der Waals surface area contributed by atoms with Gasteiger partial charge in [0.25, 0.3) is 0 Å². The summed E-state index contributed by atoms with van der Waals surface area (Å²) in [5, 5.41) is 30.5. The number of carbonyl (C=O) groups is 8. The number of Topliss-reactive ketones (excluding diaryl/α,β-unsaturated/α-hetero) is 1. The lowest BCUT2D eigenvalue weighted by atomic mass is 10.00. The average Bonchev–Trinajstić information content (AvgIpc) is 3.84. The number of esters is 1. The summed E-state index contributed by atoms with van der Waals surface area (Å²) in [6.07, 6.45) is 6.57. The van der Waals surface area contributed by atoms with Gasteiger partial charge in [0.15, 0.2) is 12.4 Å². The molecule has 2 aliphatic heterocycles. The van der Waals surface area contributed by atoms with Gasteiger partial charge in [0.05, 0.1) is 27.3 Å². The van der Waals surface area contributed by atoms with Crippen molar-refractivity contribution in [3.63, 3.8) is 0 Å². The summed E-state index contributed by atoms with van der Waals surface area (Å²) in [7, 11) is 0. The molecule has 0 aliphatic carbocycles. The number of hydrogen-bond donors (Lipinski definition) is 8. The number of amides is 7. The van der Waals surface area contributed by atoms with Crippen LogP contribution in [0.3, 0.4) is 0 Å². The molecule has 4 rings (SSSR count). The number of phenolic OH excluding ortho intramolecular Hbond substituents is 1. The summed E-state index contributed by atoms with van der Waals surface area (Å²) in [6.45, 7) is 9.00. The number of ketones is 1. The fourth-order valence-electron chi connectivity index (χ4n) is 8.35. The molecular formula is C49H70IN7O10S. The van der Waals surface area contributed by atoms with E-state index in [1.54, 1.807) is 38.1 Å². The molecule has 0 spiro atoms. The SMILES string of the molecule is CC(=O)N[C@@H](CCCCNC(=O)CCCCC1SC[C@H]2NC(=O)N[C@@H]12)C(=O)N[C@@H](Cc1ccc(O)c(I)c1)C(=O)NCCCCCC(=O)N[C@@H](CC(C)C)C(=O)COC(=O)c1c(C)cccc1C. The predicted molar refractivity (Wildman–Crippen MR) is 269 cm³/mol. The molecule has 17 nitrogen and oxygen atoms in total. The van der Waals surface area contributed by atoms with Crippen LogP contribution in [-0.2, 0) is 39.9 Å². The Balaban J connectivity index is 1.19. The minimum atomic E-state index is -1.01. The van der Waals surface area contributed by atoms with Gasteiger partial charge in [0.1, 0.15) is 17.8 Å². The Morgan fingerprint density at radius 1 is 0.809 bits per heavy atom. The molecule has 8 N–H and O–H groups in total. The van der Waals surface area contributed by atoms with E-state index in [2.05, 4.69) is 37.2 Å². The minimum Gasteiger partial charge on any atom is -0.507 e. The minimum absolute atomic E-state index is 0.0530. The fraction of sp³-hybridized carbons (Fsp3) is 0.592. The second-order valence-electron chi connectivity index (χ2n) is 18.2. The predicted octanol–water partition coefficient (Wildman–Crippen LogP) is 4.79.